The fraction of sp³-hybridized carbons (Fsp3) is 0.143. The summed E-state index contributed by atoms with van der Waals surface area (Å²) in [5, 5.41) is 32.8. The highest BCUT2D eigenvalue weighted by atomic mass is 35.5. The summed E-state index contributed by atoms with van der Waals surface area (Å²) in [5.74, 6) is 0. The maximum Gasteiger partial charge on any atom is 0.295 e. The molecule has 0 aliphatic carbocycles. The minimum absolute atomic E-state index is 0.0626. The summed E-state index contributed by atoms with van der Waals surface area (Å²) in [6.07, 6.45) is -0.185. The standard InChI is InChI=1S/C14H8Cl3N3O6/c1-6-8(12(19(23)24)5-13(14(6)17)20(25)26)4-9-10(15)2-7(18(21)22)3-11(9)16/h2-3,5H,4H2,1H3. The van der Waals surface area contributed by atoms with Gasteiger partial charge < -0.3 is 0 Å². The molecule has 0 amide bonds. The van der Waals surface area contributed by atoms with Crippen LogP contribution in [-0.2, 0) is 6.42 Å². The van der Waals surface area contributed by atoms with Crippen LogP contribution in [0.3, 0.4) is 0 Å². The van der Waals surface area contributed by atoms with Gasteiger partial charge in [-0.15, -0.1) is 0 Å². The predicted molar refractivity (Wildman–Crippen MR) is 95.4 cm³/mol. The lowest BCUT2D eigenvalue weighted by Crippen LogP contribution is -2.04. The lowest BCUT2D eigenvalue weighted by Gasteiger charge is -2.12. The van der Waals surface area contributed by atoms with Crippen molar-refractivity contribution in [2.75, 3.05) is 0 Å². The highest BCUT2D eigenvalue weighted by molar-refractivity contribution is 6.36. The first-order valence-electron chi connectivity index (χ1n) is 6.77. The Kier molecular flexibility index (Phi) is 5.65. The Labute approximate surface area is 160 Å². The first-order valence-corrected chi connectivity index (χ1v) is 7.91. The van der Waals surface area contributed by atoms with Crippen molar-refractivity contribution in [3.05, 3.63) is 80.3 Å². The maximum absolute atomic E-state index is 11.3. The largest absolute Gasteiger partial charge is 0.295 e. The molecule has 0 radical (unpaired) electrons. The zero-order valence-electron chi connectivity index (χ0n) is 12.9. The second-order valence-corrected chi connectivity index (χ2v) is 6.36. The summed E-state index contributed by atoms with van der Waals surface area (Å²) in [4.78, 5) is 30.9. The molecule has 0 aliphatic heterocycles. The molecule has 26 heavy (non-hydrogen) atoms. The van der Waals surface area contributed by atoms with E-state index in [-0.39, 0.29) is 43.9 Å². The predicted octanol–water partition coefficient (Wildman–Crippen LogP) is 5.27. The Hall–Kier alpha value is -2.49. The third-order valence-corrected chi connectivity index (χ3v) is 4.82. The SMILES string of the molecule is Cc1c(Cl)c([N+](=O)[O-])cc([N+](=O)[O-])c1Cc1c(Cl)cc([N+](=O)[O-])cc1Cl. The highest BCUT2D eigenvalue weighted by Gasteiger charge is 2.28. The van der Waals surface area contributed by atoms with Gasteiger partial charge in [-0.1, -0.05) is 34.8 Å². The molecule has 0 bridgehead atoms. The van der Waals surface area contributed by atoms with Crippen LogP contribution in [0.15, 0.2) is 18.2 Å². The summed E-state index contributed by atoms with van der Waals surface area (Å²) < 4.78 is 0. The zero-order valence-corrected chi connectivity index (χ0v) is 15.1. The number of nitrogens with zero attached hydrogens (tertiary/aromatic N) is 3. The van der Waals surface area contributed by atoms with Crippen molar-refractivity contribution in [2.24, 2.45) is 0 Å². The van der Waals surface area contributed by atoms with Gasteiger partial charge in [0.1, 0.15) is 5.02 Å². The van der Waals surface area contributed by atoms with Gasteiger partial charge in [0, 0.05) is 24.1 Å². The van der Waals surface area contributed by atoms with Crippen LogP contribution in [0.4, 0.5) is 17.1 Å². The molecule has 136 valence electrons. The quantitative estimate of drug-likeness (QED) is 0.478. The first kappa shape index (κ1) is 19.8. The number of hydrogen-bond donors (Lipinski definition) is 0. The molecule has 0 unspecified atom stereocenters. The third kappa shape index (κ3) is 3.69. The molecular weight excluding hydrogens is 413 g/mol. The van der Waals surface area contributed by atoms with E-state index < -0.39 is 26.1 Å². The molecule has 0 saturated carbocycles. The maximum atomic E-state index is 11.3. The fourth-order valence-electron chi connectivity index (χ4n) is 2.36. The van der Waals surface area contributed by atoms with Crippen LogP contribution >= 0.6 is 34.8 Å². The van der Waals surface area contributed by atoms with Crippen molar-refractivity contribution in [1.82, 2.24) is 0 Å². The molecule has 0 aromatic heterocycles. The summed E-state index contributed by atoms with van der Waals surface area (Å²) in [5.41, 5.74) is -1.06. The van der Waals surface area contributed by atoms with Gasteiger partial charge in [0.25, 0.3) is 17.1 Å². The molecule has 0 N–H and O–H groups in total. The van der Waals surface area contributed by atoms with Gasteiger partial charge in [-0.05, 0) is 18.1 Å². The average molecular weight is 421 g/mol. The highest BCUT2D eigenvalue weighted by Crippen LogP contribution is 2.40. The Morgan fingerprint density at radius 2 is 1.31 bits per heavy atom. The van der Waals surface area contributed by atoms with Gasteiger partial charge in [0.05, 0.1) is 30.9 Å². The fourth-order valence-corrected chi connectivity index (χ4v) is 3.20. The van der Waals surface area contributed by atoms with Crippen molar-refractivity contribution in [2.45, 2.75) is 13.3 Å². The molecule has 0 heterocycles. The van der Waals surface area contributed by atoms with Crippen molar-refractivity contribution in [3.8, 4) is 0 Å². The number of halogens is 3. The molecule has 12 heteroatoms. The van der Waals surface area contributed by atoms with Crippen LogP contribution in [0.2, 0.25) is 15.1 Å². The van der Waals surface area contributed by atoms with Gasteiger partial charge in [0.15, 0.2) is 0 Å². The third-order valence-electron chi connectivity index (χ3n) is 3.67. The van der Waals surface area contributed by atoms with E-state index in [1.165, 1.54) is 6.92 Å². The normalized spacial score (nSPS) is 10.6. The number of benzene rings is 2. The van der Waals surface area contributed by atoms with Crippen molar-refractivity contribution < 1.29 is 14.8 Å². The zero-order chi connectivity index (χ0) is 19.8. The minimum Gasteiger partial charge on any atom is -0.258 e. The smallest absolute Gasteiger partial charge is 0.258 e. The van der Waals surface area contributed by atoms with Crippen molar-refractivity contribution >= 4 is 51.9 Å². The number of rotatable bonds is 5. The van der Waals surface area contributed by atoms with Gasteiger partial charge >= 0.3 is 0 Å². The Morgan fingerprint density at radius 3 is 1.73 bits per heavy atom. The second-order valence-electron chi connectivity index (χ2n) is 5.17. The van der Waals surface area contributed by atoms with Gasteiger partial charge in [-0.2, -0.15) is 0 Å². The summed E-state index contributed by atoms with van der Waals surface area (Å²) in [7, 11) is 0. The van der Waals surface area contributed by atoms with Gasteiger partial charge in [-0.25, -0.2) is 0 Å². The Balaban J connectivity index is 2.67. The summed E-state index contributed by atoms with van der Waals surface area (Å²) in [6, 6.07) is 2.89. The van der Waals surface area contributed by atoms with E-state index in [1.54, 1.807) is 0 Å². The summed E-state index contributed by atoms with van der Waals surface area (Å²) >= 11 is 18.0. The minimum atomic E-state index is -0.821. The van der Waals surface area contributed by atoms with E-state index in [9.17, 15) is 30.3 Å². The number of nitro benzene ring substituents is 3. The Morgan fingerprint density at radius 1 is 0.808 bits per heavy atom. The van der Waals surface area contributed by atoms with Crippen LogP contribution in [0.1, 0.15) is 16.7 Å². The number of hydrogen-bond acceptors (Lipinski definition) is 6. The van der Waals surface area contributed by atoms with Crippen LogP contribution in [0, 0.1) is 37.3 Å². The summed E-state index contributed by atoms with van der Waals surface area (Å²) in [6.45, 7) is 1.39. The Bertz CT molecular complexity index is 940. The first-order chi connectivity index (χ1) is 12.0. The van der Waals surface area contributed by atoms with E-state index in [4.69, 9.17) is 34.8 Å². The van der Waals surface area contributed by atoms with Gasteiger partial charge in [-0.3, -0.25) is 30.3 Å². The number of nitro groups is 3. The lowest BCUT2D eigenvalue weighted by atomic mass is 9.97. The van der Waals surface area contributed by atoms with Crippen LogP contribution < -0.4 is 0 Å². The van der Waals surface area contributed by atoms with Crippen LogP contribution in [-0.4, -0.2) is 14.8 Å². The molecule has 0 aliphatic rings. The van der Waals surface area contributed by atoms with Gasteiger partial charge in [0.2, 0.25) is 0 Å². The monoisotopic (exact) mass is 419 g/mol. The second kappa shape index (κ2) is 7.40. The van der Waals surface area contributed by atoms with Crippen molar-refractivity contribution in [3.63, 3.8) is 0 Å². The van der Waals surface area contributed by atoms with E-state index in [0.717, 1.165) is 18.2 Å². The van der Waals surface area contributed by atoms with E-state index in [2.05, 4.69) is 0 Å². The topological polar surface area (TPSA) is 129 Å². The van der Waals surface area contributed by atoms with Crippen LogP contribution in [0.5, 0.6) is 0 Å². The lowest BCUT2D eigenvalue weighted by molar-refractivity contribution is -0.394. The molecule has 0 atom stereocenters. The molecule has 2 rings (SSSR count). The van der Waals surface area contributed by atoms with Crippen LogP contribution in [0.25, 0.3) is 0 Å². The van der Waals surface area contributed by atoms with E-state index in [1.807, 2.05) is 0 Å². The van der Waals surface area contributed by atoms with E-state index >= 15 is 0 Å². The molecule has 0 spiro atoms. The molecule has 2 aromatic carbocycles. The molecule has 2 aromatic rings. The average Bonchev–Trinajstić information content (AvgIpc) is 2.53. The molecule has 0 fully saturated rings. The van der Waals surface area contributed by atoms with E-state index in [0.29, 0.717) is 0 Å². The van der Waals surface area contributed by atoms with Crippen molar-refractivity contribution in [1.29, 1.82) is 0 Å². The number of non-ortho nitro benzene ring substituents is 1. The molecule has 0 saturated heterocycles. The molecular formula is C14H8Cl3N3O6. The molecule has 9 nitrogen and oxygen atoms in total.